The van der Waals surface area contributed by atoms with E-state index in [2.05, 4.69) is 19.2 Å². The number of carbonyl (C=O) groups excluding carboxylic acids is 1. The third-order valence-electron chi connectivity index (χ3n) is 3.88. The molecule has 0 aromatic rings. The second-order valence-electron chi connectivity index (χ2n) is 5.83. The van der Waals surface area contributed by atoms with E-state index in [0.717, 1.165) is 13.0 Å². The maximum Gasteiger partial charge on any atom is 0.237 e. The van der Waals surface area contributed by atoms with Crippen LogP contribution in [0.15, 0.2) is 0 Å². The number of hydrogen-bond acceptors (Lipinski definition) is 3. The Morgan fingerprint density at radius 1 is 1.53 bits per heavy atom. The number of ether oxygens (including phenoxy) is 1. The summed E-state index contributed by atoms with van der Waals surface area (Å²) in [6.07, 6.45) is 1.13. The van der Waals surface area contributed by atoms with Crippen LogP contribution in [0.2, 0.25) is 0 Å². The Balaban J connectivity index is 2.47. The van der Waals surface area contributed by atoms with Crippen molar-refractivity contribution < 1.29 is 9.53 Å². The topological polar surface area (TPSA) is 64.3 Å². The minimum Gasteiger partial charge on any atom is -0.378 e. The van der Waals surface area contributed by atoms with Gasteiger partial charge < -0.3 is 15.8 Å². The molecule has 0 saturated heterocycles. The third-order valence-corrected chi connectivity index (χ3v) is 3.88. The molecular weight excluding hydrogens is 216 g/mol. The standard InChI is InChI=1S/C13H26N2O2/c1-6-17-10-7-9(13(10,4)5)15-12(16)11(14)8(2)3/h8-11H,6-7,14H2,1-5H3,(H,15,16)/t9?,10?,11-/m1/s1. The Morgan fingerprint density at radius 3 is 2.53 bits per heavy atom. The van der Waals surface area contributed by atoms with Gasteiger partial charge in [-0.25, -0.2) is 0 Å². The Labute approximate surface area is 104 Å². The monoisotopic (exact) mass is 242 g/mol. The Hall–Kier alpha value is -0.610. The first-order valence-corrected chi connectivity index (χ1v) is 6.48. The predicted octanol–water partition coefficient (Wildman–Crippen LogP) is 1.29. The largest absolute Gasteiger partial charge is 0.378 e. The van der Waals surface area contributed by atoms with Gasteiger partial charge in [-0.3, -0.25) is 4.79 Å². The quantitative estimate of drug-likeness (QED) is 0.763. The molecule has 17 heavy (non-hydrogen) atoms. The number of hydrogen-bond donors (Lipinski definition) is 2. The van der Waals surface area contributed by atoms with Crippen molar-refractivity contribution in [1.82, 2.24) is 5.32 Å². The van der Waals surface area contributed by atoms with Gasteiger partial charge in [-0.05, 0) is 19.3 Å². The third kappa shape index (κ3) is 2.99. The van der Waals surface area contributed by atoms with E-state index < -0.39 is 6.04 Å². The lowest BCUT2D eigenvalue weighted by molar-refractivity contribution is -0.138. The van der Waals surface area contributed by atoms with E-state index in [1.54, 1.807) is 0 Å². The van der Waals surface area contributed by atoms with Crippen molar-refractivity contribution in [3.05, 3.63) is 0 Å². The molecular formula is C13H26N2O2. The van der Waals surface area contributed by atoms with E-state index in [1.165, 1.54) is 0 Å². The molecule has 1 fully saturated rings. The maximum atomic E-state index is 11.9. The fourth-order valence-corrected chi connectivity index (χ4v) is 2.19. The SMILES string of the molecule is CCOC1CC(NC(=O)[C@H](N)C(C)C)C1(C)C. The minimum atomic E-state index is -0.419. The lowest BCUT2D eigenvalue weighted by atomic mass is 9.64. The molecule has 100 valence electrons. The molecule has 0 radical (unpaired) electrons. The van der Waals surface area contributed by atoms with E-state index in [0.29, 0.717) is 0 Å². The van der Waals surface area contributed by atoms with E-state index in [1.807, 2.05) is 20.8 Å². The normalized spacial score (nSPS) is 28.6. The summed E-state index contributed by atoms with van der Waals surface area (Å²) in [7, 11) is 0. The van der Waals surface area contributed by atoms with Gasteiger partial charge in [-0.15, -0.1) is 0 Å². The molecule has 3 N–H and O–H groups in total. The van der Waals surface area contributed by atoms with Gasteiger partial charge in [0, 0.05) is 18.1 Å². The number of nitrogens with two attached hydrogens (primary N) is 1. The molecule has 0 heterocycles. The van der Waals surface area contributed by atoms with E-state index in [4.69, 9.17) is 10.5 Å². The van der Waals surface area contributed by atoms with Gasteiger partial charge in [-0.2, -0.15) is 0 Å². The molecule has 1 amide bonds. The van der Waals surface area contributed by atoms with Crippen LogP contribution in [-0.2, 0) is 9.53 Å². The summed E-state index contributed by atoms with van der Waals surface area (Å²) in [4.78, 5) is 11.9. The highest BCUT2D eigenvalue weighted by molar-refractivity contribution is 5.82. The lowest BCUT2D eigenvalue weighted by Gasteiger charge is -2.51. The van der Waals surface area contributed by atoms with Gasteiger partial charge in [0.2, 0.25) is 5.91 Å². The first-order chi connectivity index (χ1) is 7.80. The molecule has 2 unspecified atom stereocenters. The van der Waals surface area contributed by atoms with Gasteiger partial charge in [0.05, 0.1) is 12.1 Å². The first-order valence-electron chi connectivity index (χ1n) is 6.48. The second kappa shape index (κ2) is 5.36. The van der Waals surface area contributed by atoms with E-state index >= 15 is 0 Å². The Morgan fingerprint density at radius 2 is 2.12 bits per heavy atom. The summed E-state index contributed by atoms with van der Waals surface area (Å²) in [6.45, 7) is 10.9. The summed E-state index contributed by atoms with van der Waals surface area (Å²) >= 11 is 0. The lowest BCUT2D eigenvalue weighted by Crippen LogP contribution is -2.64. The zero-order valence-electron chi connectivity index (χ0n) is 11.6. The van der Waals surface area contributed by atoms with Crippen LogP contribution >= 0.6 is 0 Å². The van der Waals surface area contributed by atoms with Crippen molar-refractivity contribution in [2.75, 3.05) is 6.61 Å². The fraction of sp³-hybridized carbons (Fsp3) is 0.923. The van der Waals surface area contributed by atoms with Gasteiger partial charge in [0.25, 0.3) is 0 Å². The molecule has 0 bridgehead atoms. The van der Waals surface area contributed by atoms with Crippen molar-refractivity contribution in [3.63, 3.8) is 0 Å². The van der Waals surface area contributed by atoms with E-state index in [-0.39, 0.29) is 29.4 Å². The molecule has 1 rings (SSSR count). The summed E-state index contributed by atoms with van der Waals surface area (Å²) in [5, 5.41) is 3.03. The first kappa shape index (κ1) is 14.5. The van der Waals surface area contributed by atoms with Crippen LogP contribution in [0.3, 0.4) is 0 Å². The predicted molar refractivity (Wildman–Crippen MR) is 68.6 cm³/mol. The molecule has 0 aromatic carbocycles. The fourth-order valence-electron chi connectivity index (χ4n) is 2.19. The van der Waals surface area contributed by atoms with Gasteiger partial charge in [0.15, 0.2) is 0 Å². The molecule has 1 aliphatic carbocycles. The molecule has 0 aliphatic heterocycles. The van der Waals surface area contributed by atoms with Crippen molar-refractivity contribution >= 4 is 5.91 Å². The number of rotatable bonds is 5. The van der Waals surface area contributed by atoms with Gasteiger partial charge >= 0.3 is 0 Å². The highest BCUT2D eigenvalue weighted by atomic mass is 16.5. The van der Waals surface area contributed by atoms with Crippen LogP contribution < -0.4 is 11.1 Å². The molecule has 1 aliphatic rings. The highest BCUT2D eigenvalue weighted by Crippen LogP contribution is 2.42. The van der Waals surface area contributed by atoms with E-state index in [9.17, 15) is 4.79 Å². The Bertz CT molecular complexity index is 277. The molecule has 0 aromatic heterocycles. The van der Waals surface area contributed by atoms with Crippen molar-refractivity contribution in [3.8, 4) is 0 Å². The molecule has 4 nitrogen and oxygen atoms in total. The highest BCUT2D eigenvalue weighted by Gasteiger charge is 2.49. The minimum absolute atomic E-state index is 0.00235. The van der Waals surface area contributed by atoms with Crippen LogP contribution in [0.1, 0.15) is 41.0 Å². The summed E-state index contributed by atoms with van der Waals surface area (Å²) < 4.78 is 5.63. The average molecular weight is 242 g/mol. The number of carbonyl (C=O) groups is 1. The van der Waals surface area contributed by atoms with Crippen LogP contribution in [0, 0.1) is 11.3 Å². The summed E-state index contributed by atoms with van der Waals surface area (Å²) in [6, 6.07) is -0.242. The average Bonchev–Trinajstić information content (AvgIpc) is 2.26. The van der Waals surface area contributed by atoms with Crippen molar-refractivity contribution in [2.45, 2.75) is 59.2 Å². The number of amides is 1. The summed E-state index contributed by atoms with van der Waals surface area (Å²) in [5.74, 6) is 0.119. The molecule has 0 spiro atoms. The van der Waals surface area contributed by atoms with Gasteiger partial charge in [-0.1, -0.05) is 27.7 Å². The van der Waals surface area contributed by atoms with Crippen LogP contribution in [0.25, 0.3) is 0 Å². The zero-order valence-corrected chi connectivity index (χ0v) is 11.6. The van der Waals surface area contributed by atoms with Crippen molar-refractivity contribution in [1.29, 1.82) is 0 Å². The van der Waals surface area contributed by atoms with Crippen molar-refractivity contribution in [2.24, 2.45) is 17.1 Å². The number of nitrogens with one attached hydrogen (secondary N) is 1. The van der Waals surface area contributed by atoms with Crippen LogP contribution in [0.5, 0.6) is 0 Å². The summed E-state index contributed by atoms with van der Waals surface area (Å²) in [5.41, 5.74) is 5.83. The smallest absolute Gasteiger partial charge is 0.237 e. The molecule has 1 saturated carbocycles. The van der Waals surface area contributed by atoms with Gasteiger partial charge in [0.1, 0.15) is 0 Å². The zero-order chi connectivity index (χ0) is 13.2. The second-order valence-corrected chi connectivity index (χ2v) is 5.83. The van der Waals surface area contributed by atoms with Crippen LogP contribution in [0.4, 0.5) is 0 Å². The Kier molecular flexibility index (Phi) is 4.55. The maximum absolute atomic E-state index is 11.9. The van der Waals surface area contributed by atoms with Crippen LogP contribution in [-0.4, -0.2) is 30.7 Å². The molecule has 3 atom stereocenters. The molecule has 4 heteroatoms.